The molecule has 0 aromatic heterocycles. The van der Waals surface area contributed by atoms with E-state index in [0.29, 0.717) is 35.3 Å². The van der Waals surface area contributed by atoms with Crippen molar-refractivity contribution in [1.29, 1.82) is 0 Å². The highest BCUT2D eigenvalue weighted by Crippen LogP contribution is 2.66. The van der Waals surface area contributed by atoms with Gasteiger partial charge in [0, 0.05) is 17.1 Å². The van der Waals surface area contributed by atoms with Crippen molar-refractivity contribution in [1.82, 2.24) is 0 Å². The van der Waals surface area contributed by atoms with E-state index in [1.54, 1.807) is 24.3 Å². The van der Waals surface area contributed by atoms with Gasteiger partial charge in [0.1, 0.15) is 5.75 Å². The number of rotatable bonds is 3. The third-order valence-electron chi connectivity index (χ3n) is 9.51. The van der Waals surface area contributed by atoms with Gasteiger partial charge in [0.05, 0.1) is 0 Å². The highest BCUT2D eigenvalue weighted by atomic mass is 16.4. The number of benzene rings is 1. The van der Waals surface area contributed by atoms with Crippen molar-refractivity contribution >= 4 is 11.8 Å². The Labute approximate surface area is 184 Å². The molecule has 0 bridgehead atoms. The number of allylic oxidation sites excluding steroid dienone is 3. The van der Waals surface area contributed by atoms with Crippen LogP contribution in [0, 0.1) is 34.5 Å². The second-order valence-electron chi connectivity index (χ2n) is 10.7. The maximum absolute atomic E-state index is 13.4. The maximum atomic E-state index is 13.4. The van der Waals surface area contributed by atoms with Gasteiger partial charge < -0.3 is 10.2 Å². The van der Waals surface area contributed by atoms with E-state index in [9.17, 15) is 19.8 Å². The minimum absolute atomic E-state index is 0.0224. The first kappa shape index (κ1) is 20.5. The van der Waals surface area contributed by atoms with Crippen molar-refractivity contribution in [2.45, 2.75) is 58.8 Å². The van der Waals surface area contributed by atoms with Crippen LogP contribution in [0.5, 0.6) is 5.75 Å². The first-order valence-electron chi connectivity index (χ1n) is 11.7. The minimum Gasteiger partial charge on any atom is -0.508 e. The fourth-order valence-corrected chi connectivity index (χ4v) is 7.75. The van der Waals surface area contributed by atoms with Crippen molar-refractivity contribution in [3.05, 3.63) is 53.1 Å². The Morgan fingerprint density at radius 3 is 2.45 bits per heavy atom. The summed E-state index contributed by atoms with van der Waals surface area (Å²) in [5, 5.41) is 19.0. The van der Waals surface area contributed by atoms with E-state index in [-0.39, 0.29) is 28.3 Å². The largest absolute Gasteiger partial charge is 0.508 e. The average molecular weight is 421 g/mol. The zero-order chi connectivity index (χ0) is 22.0. The molecule has 164 valence electrons. The SMILES string of the molecule is CC12CCC(C(=O)O)=CC1=CCC1C2CCC2(C)C(C(=O)c3ccc(O)cc3)CCC12. The molecule has 1 aromatic carbocycles. The summed E-state index contributed by atoms with van der Waals surface area (Å²) < 4.78 is 0. The number of ketones is 1. The summed E-state index contributed by atoms with van der Waals surface area (Å²) in [5.74, 6) is 1.37. The normalized spacial score (nSPS) is 38.9. The fourth-order valence-electron chi connectivity index (χ4n) is 7.75. The average Bonchev–Trinajstić information content (AvgIpc) is 3.10. The molecule has 0 spiro atoms. The molecule has 2 saturated carbocycles. The minimum atomic E-state index is -0.785. The van der Waals surface area contributed by atoms with Crippen LogP contribution < -0.4 is 0 Å². The van der Waals surface area contributed by atoms with Gasteiger partial charge >= 0.3 is 5.97 Å². The molecule has 4 aliphatic carbocycles. The summed E-state index contributed by atoms with van der Waals surface area (Å²) in [7, 11) is 0. The molecule has 2 fully saturated rings. The molecule has 0 heterocycles. The van der Waals surface area contributed by atoms with Gasteiger partial charge in [-0.25, -0.2) is 4.79 Å². The fraction of sp³-hybridized carbons (Fsp3) is 0.556. The molecule has 1 aromatic rings. The smallest absolute Gasteiger partial charge is 0.331 e. The van der Waals surface area contributed by atoms with Gasteiger partial charge in [-0.1, -0.05) is 19.9 Å². The highest BCUT2D eigenvalue weighted by Gasteiger charge is 2.59. The van der Waals surface area contributed by atoms with E-state index in [0.717, 1.165) is 38.5 Å². The molecular weight excluding hydrogens is 388 g/mol. The summed E-state index contributed by atoms with van der Waals surface area (Å²) in [6, 6.07) is 6.72. The lowest BCUT2D eigenvalue weighted by Crippen LogP contribution is -2.50. The first-order chi connectivity index (χ1) is 14.7. The molecule has 4 nitrogen and oxygen atoms in total. The molecule has 4 heteroatoms. The Morgan fingerprint density at radius 2 is 1.74 bits per heavy atom. The van der Waals surface area contributed by atoms with E-state index in [1.165, 1.54) is 5.57 Å². The summed E-state index contributed by atoms with van der Waals surface area (Å²) >= 11 is 0. The van der Waals surface area contributed by atoms with Gasteiger partial charge in [0.25, 0.3) is 0 Å². The van der Waals surface area contributed by atoms with E-state index in [2.05, 4.69) is 19.9 Å². The lowest BCUT2D eigenvalue weighted by Gasteiger charge is -2.57. The topological polar surface area (TPSA) is 74.6 Å². The van der Waals surface area contributed by atoms with E-state index < -0.39 is 5.97 Å². The van der Waals surface area contributed by atoms with Crippen LogP contribution in [0.25, 0.3) is 0 Å². The molecule has 31 heavy (non-hydrogen) atoms. The van der Waals surface area contributed by atoms with Crippen molar-refractivity contribution < 1.29 is 19.8 Å². The van der Waals surface area contributed by atoms with Gasteiger partial charge in [-0.05, 0) is 109 Å². The Hall–Kier alpha value is -2.36. The molecule has 6 unspecified atom stereocenters. The summed E-state index contributed by atoms with van der Waals surface area (Å²) in [6.07, 6.45) is 11.0. The molecule has 0 saturated heterocycles. The van der Waals surface area contributed by atoms with Crippen LogP contribution in [0.2, 0.25) is 0 Å². The number of carboxylic acid groups (broad SMARTS) is 1. The number of fused-ring (bicyclic) bond motifs is 5. The number of phenols is 1. The molecule has 4 aliphatic rings. The Bertz CT molecular complexity index is 987. The van der Waals surface area contributed by atoms with E-state index in [4.69, 9.17) is 0 Å². The molecule has 0 amide bonds. The summed E-state index contributed by atoms with van der Waals surface area (Å²) in [4.78, 5) is 24.9. The van der Waals surface area contributed by atoms with Crippen LogP contribution in [0.4, 0.5) is 0 Å². The number of aliphatic carboxylic acids is 1. The summed E-state index contributed by atoms with van der Waals surface area (Å²) in [5.41, 5.74) is 2.57. The van der Waals surface area contributed by atoms with Gasteiger partial charge in [-0.2, -0.15) is 0 Å². The maximum Gasteiger partial charge on any atom is 0.331 e. The van der Waals surface area contributed by atoms with Crippen LogP contribution in [0.1, 0.15) is 69.2 Å². The van der Waals surface area contributed by atoms with Crippen molar-refractivity contribution in [2.75, 3.05) is 0 Å². The predicted octanol–water partition coefficient (Wildman–Crippen LogP) is 5.77. The van der Waals surface area contributed by atoms with Crippen LogP contribution in [0.3, 0.4) is 0 Å². The number of hydrogen-bond donors (Lipinski definition) is 2. The monoisotopic (exact) mass is 420 g/mol. The Kier molecular flexibility index (Phi) is 4.69. The zero-order valence-electron chi connectivity index (χ0n) is 18.4. The Balaban J connectivity index is 1.43. The molecule has 0 aliphatic heterocycles. The van der Waals surface area contributed by atoms with Gasteiger partial charge in [0.15, 0.2) is 5.78 Å². The van der Waals surface area contributed by atoms with E-state index >= 15 is 0 Å². The number of carbonyl (C=O) groups is 2. The van der Waals surface area contributed by atoms with Crippen LogP contribution in [-0.4, -0.2) is 22.0 Å². The molecular formula is C27H32O4. The number of carbonyl (C=O) groups excluding carboxylic acids is 1. The second kappa shape index (κ2) is 7.08. The standard InChI is InChI=1S/C27H32O4/c1-26-13-11-17(25(30)31)15-18(26)5-8-20-21-9-10-23(27(21,2)14-12-22(20)26)24(29)16-3-6-19(28)7-4-16/h3-7,15,20-23,28H,8-14H2,1-2H3,(H,30,31). The number of carboxylic acids is 1. The molecule has 5 rings (SSSR count). The number of phenolic OH excluding ortho intramolecular Hbond substituents is 1. The van der Waals surface area contributed by atoms with Gasteiger partial charge in [-0.3, -0.25) is 4.79 Å². The quantitative estimate of drug-likeness (QED) is 0.608. The van der Waals surface area contributed by atoms with Crippen LogP contribution in [0.15, 0.2) is 47.6 Å². The third kappa shape index (κ3) is 3.01. The molecule has 2 N–H and O–H groups in total. The van der Waals surface area contributed by atoms with E-state index in [1.807, 2.05) is 6.08 Å². The van der Waals surface area contributed by atoms with Crippen molar-refractivity contribution in [3.8, 4) is 5.75 Å². The second-order valence-corrected chi connectivity index (χ2v) is 10.7. The lowest BCUT2D eigenvalue weighted by atomic mass is 9.47. The van der Waals surface area contributed by atoms with Crippen LogP contribution in [-0.2, 0) is 4.79 Å². The zero-order valence-corrected chi connectivity index (χ0v) is 18.4. The van der Waals surface area contributed by atoms with Crippen molar-refractivity contribution in [3.63, 3.8) is 0 Å². The van der Waals surface area contributed by atoms with Gasteiger partial charge in [0.2, 0.25) is 0 Å². The molecule has 0 radical (unpaired) electrons. The van der Waals surface area contributed by atoms with Gasteiger partial charge in [-0.15, -0.1) is 0 Å². The number of Topliss-reactive ketones (excluding diaryl/α,β-unsaturated/α-hetero) is 1. The highest BCUT2D eigenvalue weighted by molar-refractivity contribution is 5.98. The predicted molar refractivity (Wildman–Crippen MR) is 119 cm³/mol. The first-order valence-corrected chi connectivity index (χ1v) is 11.7. The van der Waals surface area contributed by atoms with Crippen LogP contribution >= 0.6 is 0 Å². The lowest BCUT2D eigenvalue weighted by molar-refractivity contribution is -0.133. The molecule has 6 atom stereocenters. The number of aromatic hydroxyl groups is 1. The van der Waals surface area contributed by atoms with Crippen molar-refractivity contribution in [2.24, 2.45) is 34.5 Å². The third-order valence-corrected chi connectivity index (χ3v) is 9.51. The summed E-state index contributed by atoms with van der Waals surface area (Å²) in [6.45, 7) is 4.69. The number of hydrogen-bond acceptors (Lipinski definition) is 3. The Morgan fingerprint density at radius 1 is 1.00 bits per heavy atom.